The molecule has 3 heterocycles. The number of carbonyl (C=O) groups excluding carboxylic acids is 1. The summed E-state index contributed by atoms with van der Waals surface area (Å²) in [5.41, 5.74) is 1.62. The van der Waals surface area contributed by atoms with Crippen LogP contribution in [0.15, 0.2) is 54.7 Å². The molecule has 1 aromatic carbocycles. The van der Waals surface area contributed by atoms with Gasteiger partial charge in [0.15, 0.2) is 0 Å². The summed E-state index contributed by atoms with van der Waals surface area (Å²) in [6.07, 6.45) is 1.80. The number of hydrogen-bond acceptors (Lipinski definition) is 5. The number of pyridine rings is 1. The third-order valence-electron chi connectivity index (χ3n) is 4.51. The number of carbonyl (C=O) groups is 1. The lowest BCUT2D eigenvalue weighted by Crippen LogP contribution is -2.49. The zero-order valence-electron chi connectivity index (χ0n) is 14.6. The molecule has 2 aromatic heterocycles. The minimum atomic E-state index is 0.0221. The molecule has 1 aliphatic rings. The molecule has 0 aliphatic carbocycles. The Morgan fingerprint density at radius 3 is 2.42 bits per heavy atom. The highest BCUT2D eigenvalue weighted by molar-refractivity contribution is 7.15. The molecule has 0 N–H and O–H groups in total. The van der Waals surface area contributed by atoms with Gasteiger partial charge in [0.2, 0.25) is 0 Å². The van der Waals surface area contributed by atoms with Gasteiger partial charge in [-0.2, -0.15) is 0 Å². The van der Waals surface area contributed by atoms with E-state index in [1.54, 1.807) is 17.5 Å². The van der Waals surface area contributed by atoms with Crippen LogP contribution < -0.4 is 4.90 Å². The molecule has 26 heavy (non-hydrogen) atoms. The molecule has 0 radical (unpaired) electrons. The highest BCUT2D eigenvalue weighted by atomic mass is 32.1. The minimum absolute atomic E-state index is 0.0221. The summed E-state index contributed by atoms with van der Waals surface area (Å²) in [6, 6.07) is 15.9. The Hall–Kier alpha value is -2.73. The van der Waals surface area contributed by atoms with Crippen LogP contribution in [0.4, 0.5) is 5.82 Å². The Morgan fingerprint density at radius 2 is 1.73 bits per heavy atom. The van der Waals surface area contributed by atoms with Gasteiger partial charge in [0.1, 0.15) is 11.5 Å². The summed E-state index contributed by atoms with van der Waals surface area (Å²) in [7, 11) is 0. The first-order chi connectivity index (χ1) is 12.7. The van der Waals surface area contributed by atoms with E-state index in [1.165, 1.54) is 0 Å². The SMILES string of the molecule is Cc1nc(C(=O)N2CCN(c3ccccn3)CC2)c(-c2ccccc2)s1. The number of anilines is 1. The molecule has 0 spiro atoms. The number of amides is 1. The lowest BCUT2D eigenvalue weighted by molar-refractivity contribution is 0.0742. The van der Waals surface area contributed by atoms with Crippen molar-refractivity contribution >= 4 is 23.1 Å². The van der Waals surface area contributed by atoms with Crippen LogP contribution in [0.25, 0.3) is 10.4 Å². The van der Waals surface area contributed by atoms with Gasteiger partial charge in [0.05, 0.1) is 9.88 Å². The van der Waals surface area contributed by atoms with Gasteiger partial charge < -0.3 is 9.80 Å². The van der Waals surface area contributed by atoms with E-state index >= 15 is 0 Å². The van der Waals surface area contributed by atoms with Crippen molar-refractivity contribution < 1.29 is 4.79 Å². The van der Waals surface area contributed by atoms with E-state index in [9.17, 15) is 4.79 Å². The average Bonchev–Trinajstić information content (AvgIpc) is 3.11. The van der Waals surface area contributed by atoms with E-state index in [4.69, 9.17) is 0 Å². The van der Waals surface area contributed by atoms with Crippen LogP contribution in [0.5, 0.6) is 0 Å². The van der Waals surface area contributed by atoms with Gasteiger partial charge in [-0.15, -0.1) is 11.3 Å². The van der Waals surface area contributed by atoms with Crippen LogP contribution in [0.1, 0.15) is 15.5 Å². The van der Waals surface area contributed by atoms with E-state index in [1.807, 2.05) is 60.4 Å². The highest BCUT2D eigenvalue weighted by Crippen LogP contribution is 2.31. The van der Waals surface area contributed by atoms with E-state index in [0.29, 0.717) is 18.8 Å². The van der Waals surface area contributed by atoms with Gasteiger partial charge in [-0.1, -0.05) is 36.4 Å². The van der Waals surface area contributed by atoms with Gasteiger partial charge >= 0.3 is 0 Å². The molecule has 6 heteroatoms. The summed E-state index contributed by atoms with van der Waals surface area (Å²) in [6.45, 7) is 4.88. The fourth-order valence-electron chi connectivity index (χ4n) is 3.19. The first kappa shape index (κ1) is 16.7. The topological polar surface area (TPSA) is 49.3 Å². The minimum Gasteiger partial charge on any atom is -0.353 e. The number of thiazole rings is 1. The molecule has 1 saturated heterocycles. The van der Waals surface area contributed by atoms with Crippen LogP contribution in [0.2, 0.25) is 0 Å². The van der Waals surface area contributed by atoms with Crippen LogP contribution in [0, 0.1) is 6.92 Å². The van der Waals surface area contributed by atoms with Crippen LogP contribution in [0.3, 0.4) is 0 Å². The van der Waals surface area contributed by atoms with E-state index in [2.05, 4.69) is 14.9 Å². The van der Waals surface area contributed by atoms with Gasteiger partial charge in [-0.25, -0.2) is 9.97 Å². The molecule has 0 unspecified atom stereocenters. The fourth-order valence-corrected chi connectivity index (χ4v) is 4.10. The van der Waals surface area contributed by atoms with Crippen molar-refractivity contribution in [3.8, 4) is 10.4 Å². The molecule has 3 aromatic rings. The number of nitrogens with zero attached hydrogens (tertiary/aromatic N) is 4. The molecule has 132 valence electrons. The number of rotatable bonds is 3. The van der Waals surface area contributed by atoms with E-state index < -0.39 is 0 Å². The molecule has 1 fully saturated rings. The van der Waals surface area contributed by atoms with Crippen LogP contribution in [-0.2, 0) is 0 Å². The fraction of sp³-hybridized carbons (Fsp3) is 0.250. The molecule has 1 amide bonds. The summed E-state index contributed by atoms with van der Waals surface area (Å²) in [4.78, 5) is 27.1. The van der Waals surface area contributed by atoms with Crippen molar-refractivity contribution in [1.29, 1.82) is 0 Å². The van der Waals surface area contributed by atoms with Crippen LogP contribution in [-0.4, -0.2) is 47.0 Å². The first-order valence-electron chi connectivity index (χ1n) is 8.70. The van der Waals surface area contributed by atoms with E-state index in [0.717, 1.165) is 34.4 Å². The maximum atomic E-state index is 13.1. The average molecular weight is 364 g/mol. The van der Waals surface area contributed by atoms with Crippen molar-refractivity contribution in [1.82, 2.24) is 14.9 Å². The number of hydrogen-bond donors (Lipinski definition) is 0. The number of aromatic nitrogens is 2. The predicted octanol–water partition coefficient (Wildman–Crippen LogP) is 3.48. The molecule has 0 bridgehead atoms. The Morgan fingerprint density at radius 1 is 1.00 bits per heavy atom. The molecule has 0 atom stereocenters. The lowest BCUT2D eigenvalue weighted by Gasteiger charge is -2.35. The van der Waals surface area contributed by atoms with Crippen molar-refractivity contribution in [2.75, 3.05) is 31.1 Å². The first-order valence-corrected chi connectivity index (χ1v) is 9.52. The standard InChI is InChI=1S/C20H20N4OS/c1-15-22-18(19(26-15)16-7-3-2-4-8-16)20(25)24-13-11-23(12-14-24)17-9-5-6-10-21-17/h2-10H,11-14H2,1H3. The van der Waals surface area contributed by atoms with Gasteiger partial charge in [0, 0.05) is 32.4 Å². The second-order valence-electron chi connectivity index (χ2n) is 6.24. The molecule has 0 saturated carbocycles. The maximum absolute atomic E-state index is 13.1. The quantitative estimate of drug-likeness (QED) is 0.714. The zero-order valence-corrected chi connectivity index (χ0v) is 15.4. The summed E-state index contributed by atoms with van der Waals surface area (Å²) >= 11 is 1.58. The molecular weight excluding hydrogens is 344 g/mol. The third-order valence-corrected chi connectivity index (χ3v) is 5.53. The molecule has 4 rings (SSSR count). The van der Waals surface area contributed by atoms with Gasteiger partial charge in [-0.3, -0.25) is 4.79 Å². The summed E-state index contributed by atoms with van der Waals surface area (Å²) < 4.78 is 0. The number of piperazine rings is 1. The maximum Gasteiger partial charge on any atom is 0.274 e. The summed E-state index contributed by atoms with van der Waals surface area (Å²) in [5.74, 6) is 0.989. The Kier molecular flexibility index (Phi) is 4.67. The van der Waals surface area contributed by atoms with Gasteiger partial charge in [0.25, 0.3) is 5.91 Å². The third kappa shape index (κ3) is 3.32. The second kappa shape index (κ2) is 7.25. The Balaban J connectivity index is 1.51. The normalized spacial score (nSPS) is 14.5. The molecular formula is C20H20N4OS. The predicted molar refractivity (Wildman–Crippen MR) is 105 cm³/mol. The zero-order chi connectivity index (χ0) is 17.9. The smallest absolute Gasteiger partial charge is 0.274 e. The monoisotopic (exact) mass is 364 g/mol. The lowest BCUT2D eigenvalue weighted by atomic mass is 10.1. The van der Waals surface area contributed by atoms with Crippen molar-refractivity contribution in [3.05, 3.63) is 65.4 Å². The number of aryl methyl sites for hydroxylation is 1. The number of benzene rings is 1. The molecule has 1 aliphatic heterocycles. The van der Waals surface area contributed by atoms with Crippen LogP contribution >= 0.6 is 11.3 Å². The molecule has 5 nitrogen and oxygen atoms in total. The van der Waals surface area contributed by atoms with Gasteiger partial charge in [-0.05, 0) is 24.6 Å². The summed E-state index contributed by atoms with van der Waals surface area (Å²) in [5, 5.41) is 0.916. The second-order valence-corrected chi connectivity index (χ2v) is 7.45. The highest BCUT2D eigenvalue weighted by Gasteiger charge is 2.27. The van der Waals surface area contributed by atoms with Crippen molar-refractivity contribution in [3.63, 3.8) is 0 Å². The Bertz CT molecular complexity index is 887. The van der Waals surface area contributed by atoms with E-state index in [-0.39, 0.29) is 5.91 Å². The van der Waals surface area contributed by atoms with Crippen molar-refractivity contribution in [2.45, 2.75) is 6.92 Å². The Labute approximate surface area is 156 Å². The largest absolute Gasteiger partial charge is 0.353 e. The van der Waals surface area contributed by atoms with Crippen molar-refractivity contribution in [2.24, 2.45) is 0 Å².